The maximum absolute atomic E-state index is 12.5. The molecule has 0 unspecified atom stereocenters. The van der Waals surface area contributed by atoms with Crippen molar-refractivity contribution in [2.75, 3.05) is 12.4 Å². The number of benzene rings is 2. The molecule has 0 aliphatic heterocycles. The van der Waals surface area contributed by atoms with Crippen LogP contribution >= 0.6 is 23.4 Å². The van der Waals surface area contributed by atoms with E-state index in [2.05, 4.69) is 15.3 Å². The lowest BCUT2D eigenvalue weighted by Gasteiger charge is -2.14. The predicted molar refractivity (Wildman–Crippen MR) is 104 cm³/mol. The Morgan fingerprint density at radius 2 is 2.08 bits per heavy atom. The Morgan fingerprint density at radius 1 is 1.31 bits per heavy atom. The highest BCUT2D eigenvalue weighted by atomic mass is 35.5. The molecule has 0 aliphatic carbocycles. The fraction of sp³-hybridized carbons (Fsp3) is 0.167. The summed E-state index contributed by atoms with van der Waals surface area (Å²) in [5.74, 6) is 0.253. The van der Waals surface area contributed by atoms with Crippen molar-refractivity contribution >= 4 is 45.9 Å². The summed E-state index contributed by atoms with van der Waals surface area (Å²) in [6.07, 6.45) is 0. The summed E-state index contributed by atoms with van der Waals surface area (Å²) in [4.78, 5) is 31.7. The van der Waals surface area contributed by atoms with Crippen LogP contribution in [0, 0.1) is 0 Å². The number of carbonyl (C=O) groups excluding carboxylic acids is 1. The second kappa shape index (κ2) is 7.80. The number of H-pyrrole nitrogens is 1. The number of methoxy groups -OCH3 is 1. The van der Waals surface area contributed by atoms with Crippen molar-refractivity contribution in [1.82, 2.24) is 9.97 Å². The van der Waals surface area contributed by atoms with Gasteiger partial charge in [-0.1, -0.05) is 35.5 Å². The fourth-order valence-electron chi connectivity index (χ4n) is 2.35. The maximum Gasteiger partial charge on any atom is 0.259 e. The Bertz CT molecular complexity index is 1020. The SMILES string of the molecule is COc1ccc(Cl)cc1NC(=O)[C@@H](C)Sc1nc2ccccc2c(=O)[nH]1. The Hall–Kier alpha value is -2.51. The summed E-state index contributed by atoms with van der Waals surface area (Å²) in [6.45, 7) is 1.73. The molecule has 1 amide bonds. The number of thioether (sulfide) groups is 1. The number of anilines is 1. The molecule has 0 radical (unpaired) electrons. The van der Waals surface area contributed by atoms with Gasteiger partial charge in [0.05, 0.1) is 29.0 Å². The van der Waals surface area contributed by atoms with Crippen LogP contribution in [0.2, 0.25) is 5.02 Å². The van der Waals surface area contributed by atoms with Gasteiger partial charge in [0.25, 0.3) is 5.56 Å². The third-order valence-corrected chi connectivity index (χ3v) is 4.89. The number of carbonyl (C=O) groups is 1. The molecule has 3 aromatic rings. The molecule has 8 heteroatoms. The van der Waals surface area contributed by atoms with Gasteiger partial charge >= 0.3 is 0 Å². The largest absolute Gasteiger partial charge is 0.495 e. The highest BCUT2D eigenvalue weighted by Gasteiger charge is 2.18. The van der Waals surface area contributed by atoms with Crippen LogP contribution < -0.4 is 15.6 Å². The van der Waals surface area contributed by atoms with Crippen molar-refractivity contribution in [3.05, 3.63) is 57.8 Å². The minimum Gasteiger partial charge on any atom is -0.495 e. The van der Waals surface area contributed by atoms with Gasteiger partial charge in [-0.15, -0.1) is 0 Å². The summed E-state index contributed by atoms with van der Waals surface area (Å²) in [5, 5.41) is 3.67. The summed E-state index contributed by atoms with van der Waals surface area (Å²) in [5.41, 5.74) is 0.836. The average Bonchev–Trinajstić information content (AvgIpc) is 2.62. The normalized spacial score (nSPS) is 12.0. The van der Waals surface area contributed by atoms with Gasteiger partial charge < -0.3 is 15.0 Å². The van der Waals surface area contributed by atoms with E-state index in [1.807, 2.05) is 6.07 Å². The number of hydrogen-bond acceptors (Lipinski definition) is 5. The van der Waals surface area contributed by atoms with E-state index in [4.69, 9.17) is 16.3 Å². The Balaban J connectivity index is 1.78. The van der Waals surface area contributed by atoms with Gasteiger partial charge in [0, 0.05) is 5.02 Å². The zero-order valence-electron chi connectivity index (χ0n) is 14.1. The molecule has 0 saturated heterocycles. The van der Waals surface area contributed by atoms with E-state index in [0.717, 1.165) is 0 Å². The molecule has 0 saturated carbocycles. The molecule has 6 nitrogen and oxygen atoms in total. The molecule has 0 bridgehead atoms. The molecular formula is C18H16ClN3O3S. The number of aromatic nitrogens is 2. The van der Waals surface area contributed by atoms with Gasteiger partial charge in [0.2, 0.25) is 5.91 Å². The molecule has 134 valence electrons. The van der Waals surface area contributed by atoms with E-state index in [1.165, 1.54) is 18.9 Å². The van der Waals surface area contributed by atoms with Crippen LogP contribution in [0.4, 0.5) is 5.69 Å². The van der Waals surface area contributed by atoms with Gasteiger partial charge in [0.15, 0.2) is 5.16 Å². The predicted octanol–water partition coefficient (Wildman–Crippen LogP) is 3.70. The smallest absolute Gasteiger partial charge is 0.259 e. The first-order chi connectivity index (χ1) is 12.5. The summed E-state index contributed by atoms with van der Waals surface area (Å²) < 4.78 is 5.22. The zero-order valence-corrected chi connectivity index (χ0v) is 15.6. The second-order valence-corrected chi connectivity index (χ2v) is 7.25. The highest BCUT2D eigenvalue weighted by molar-refractivity contribution is 8.00. The second-order valence-electron chi connectivity index (χ2n) is 5.48. The Kier molecular flexibility index (Phi) is 5.49. The number of nitrogens with one attached hydrogen (secondary N) is 2. The Labute approximate surface area is 158 Å². The number of ether oxygens (including phenoxy) is 1. The third-order valence-electron chi connectivity index (χ3n) is 3.67. The number of nitrogens with zero attached hydrogens (tertiary/aromatic N) is 1. The first-order valence-corrected chi connectivity index (χ1v) is 9.04. The van der Waals surface area contributed by atoms with Crippen molar-refractivity contribution in [1.29, 1.82) is 0 Å². The van der Waals surface area contributed by atoms with Crippen LogP contribution in [0.1, 0.15) is 6.92 Å². The number of aromatic amines is 1. The van der Waals surface area contributed by atoms with Gasteiger partial charge in [-0.3, -0.25) is 9.59 Å². The van der Waals surface area contributed by atoms with Crippen molar-refractivity contribution in [3.63, 3.8) is 0 Å². The number of amides is 1. The van der Waals surface area contributed by atoms with E-state index in [0.29, 0.717) is 32.5 Å². The molecule has 1 atom stereocenters. The average molecular weight is 390 g/mol. The maximum atomic E-state index is 12.5. The third kappa shape index (κ3) is 4.00. The number of fused-ring (bicyclic) bond motifs is 1. The van der Waals surface area contributed by atoms with Gasteiger partial charge in [-0.2, -0.15) is 0 Å². The molecule has 2 N–H and O–H groups in total. The van der Waals surface area contributed by atoms with Crippen LogP contribution in [0.3, 0.4) is 0 Å². The van der Waals surface area contributed by atoms with E-state index < -0.39 is 5.25 Å². The molecule has 0 spiro atoms. The standard InChI is InChI=1S/C18H16ClN3O3S/c1-10(16(23)20-14-9-11(19)7-8-15(14)25-2)26-18-21-13-6-4-3-5-12(13)17(24)22-18/h3-10H,1-2H3,(H,20,23)(H,21,22,24)/t10-/m1/s1. The topological polar surface area (TPSA) is 84.1 Å². The van der Waals surface area contributed by atoms with Gasteiger partial charge in [-0.05, 0) is 37.3 Å². The van der Waals surface area contributed by atoms with Gasteiger partial charge in [-0.25, -0.2) is 4.98 Å². The van der Waals surface area contributed by atoms with E-state index in [-0.39, 0.29) is 11.5 Å². The molecule has 26 heavy (non-hydrogen) atoms. The number of hydrogen-bond donors (Lipinski definition) is 2. The summed E-state index contributed by atoms with van der Waals surface area (Å²) in [7, 11) is 1.51. The summed E-state index contributed by atoms with van der Waals surface area (Å²) >= 11 is 7.14. The van der Waals surface area contributed by atoms with Crippen LogP contribution in [0.5, 0.6) is 5.75 Å². The monoisotopic (exact) mass is 389 g/mol. The lowest BCUT2D eigenvalue weighted by atomic mass is 10.2. The number of halogens is 1. The summed E-state index contributed by atoms with van der Waals surface area (Å²) in [6, 6.07) is 12.0. The molecule has 0 fully saturated rings. The fourth-order valence-corrected chi connectivity index (χ4v) is 3.33. The van der Waals surface area contributed by atoms with Crippen molar-refractivity contribution in [3.8, 4) is 5.75 Å². The lowest BCUT2D eigenvalue weighted by Crippen LogP contribution is -2.23. The van der Waals surface area contributed by atoms with Crippen molar-refractivity contribution in [2.45, 2.75) is 17.3 Å². The van der Waals surface area contributed by atoms with Crippen LogP contribution in [0.15, 0.2) is 52.4 Å². The first kappa shape index (κ1) is 18.3. The van der Waals surface area contributed by atoms with Gasteiger partial charge in [0.1, 0.15) is 5.75 Å². The molecule has 1 aromatic heterocycles. The molecule has 0 aliphatic rings. The number of rotatable bonds is 5. The quantitative estimate of drug-likeness (QED) is 0.513. The van der Waals surface area contributed by atoms with Crippen molar-refractivity contribution < 1.29 is 9.53 Å². The molecule has 2 aromatic carbocycles. The lowest BCUT2D eigenvalue weighted by molar-refractivity contribution is -0.115. The molecular weight excluding hydrogens is 374 g/mol. The van der Waals surface area contributed by atoms with E-state index >= 15 is 0 Å². The van der Waals surface area contributed by atoms with E-state index in [9.17, 15) is 9.59 Å². The first-order valence-electron chi connectivity index (χ1n) is 7.78. The molecule has 3 rings (SSSR count). The van der Waals surface area contributed by atoms with Crippen LogP contribution in [0.25, 0.3) is 10.9 Å². The Morgan fingerprint density at radius 3 is 2.85 bits per heavy atom. The van der Waals surface area contributed by atoms with Crippen LogP contribution in [-0.4, -0.2) is 28.2 Å². The number of para-hydroxylation sites is 1. The van der Waals surface area contributed by atoms with Crippen LogP contribution in [-0.2, 0) is 4.79 Å². The zero-order chi connectivity index (χ0) is 18.7. The van der Waals surface area contributed by atoms with Crippen molar-refractivity contribution in [2.24, 2.45) is 0 Å². The highest BCUT2D eigenvalue weighted by Crippen LogP contribution is 2.29. The minimum absolute atomic E-state index is 0.234. The minimum atomic E-state index is -0.497. The van der Waals surface area contributed by atoms with E-state index in [1.54, 1.807) is 43.3 Å². The molecule has 1 heterocycles.